The molecule has 0 amide bonds. The average Bonchev–Trinajstić information content (AvgIpc) is 2.38. The number of halogens is 1. The quantitative estimate of drug-likeness (QED) is 0.755. The minimum absolute atomic E-state index is 0.00993. The van der Waals surface area contributed by atoms with Crippen LogP contribution in [0.4, 0.5) is 0 Å². The van der Waals surface area contributed by atoms with Crippen molar-refractivity contribution >= 4 is 25.1 Å². The summed E-state index contributed by atoms with van der Waals surface area (Å²) in [6, 6.07) is 12.4. The predicted molar refractivity (Wildman–Crippen MR) is 75.9 cm³/mol. The van der Waals surface area contributed by atoms with Crippen LogP contribution in [0.1, 0.15) is 10.4 Å². The molecule has 7 heteroatoms. The lowest BCUT2D eigenvalue weighted by Crippen LogP contribution is -2.05. The van der Waals surface area contributed by atoms with Crippen molar-refractivity contribution in [3.05, 3.63) is 59.1 Å². The lowest BCUT2D eigenvalue weighted by atomic mass is 10.2. The molecular formula is C13H11ClO5P+. The molecule has 5 nitrogen and oxygen atoms in total. The third-order valence-electron chi connectivity index (χ3n) is 2.41. The molecule has 0 spiro atoms. The van der Waals surface area contributed by atoms with Gasteiger partial charge in [-0.25, -0.2) is 4.79 Å². The maximum absolute atomic E-state index is 11.4. The third kappa shape index (κ3) is 3.76. The molecule has 2 aromatic rings. The predicted octanol–water partition coefficient (Wildman–Crippen LogP) is 3.01. The van der Waals surface area contributed by atoms with Crippen LogP contribution in [0.3, 0.4) is 0 Å². The zero-order valence-electron chi connectivity index (χ0n) is 10.1. The van der Waals surface area contributed by atoms with Crippen molar-refractivity contribution in [2.24, 2.45) is 0 Å². The fourth-order valence-electron chi connectivity index (χ4n) is 1.51. The molecule has 0 aliphatic carbocycles. The van der Waals surface area contributed by atoms with Gasteiger partial charge < -0.3 is 4.74 Å². The second-order valence-electron chi connectivity index (χ2n) is 3.96. The van der Waals surface area contributed by atoms with Crippen molar-refractivity contribution in [2.75, 3.05) is 0 Å². The molecule has 2 rings (SSSR count). The van der Waals surface area contributed by atoms with Gasteiger partial charge in [0, 0.05) is 5.02 Å². The van der Waals surface area contributed by atoms with Crippen molar-refractivity contribution in [3.8, 4) is 11.5 Å². The first kappa shape index (κ1) is 14.9. The summed E-state index contributed by atoms with van der Waals surface area (Å²) in [5.74, 6) is 0.978. The van der Waals surface area contributed by atoms with Crippen LogP contribution in [0, 0.1) is 0 Å². The highest BCUT2D eigenvalue weighted by atomic mass is 35.5. The maximum atomic E-state index is 11.4. The van der Waals surface area contributed by atoms with Gasteiger partial charge in [0.05, 0.1) is 5.56 Å². The van der Waals surface area contributed by atoms with Crippen molar-refractivity contribution in [1.82, 2.24) is 0 Å². The van der Waals surface area contributed by atoms with Gasteiger partial charge >= 0.3 is 13.5 Å². The third-order valence-corrected chi connectivity index (χ3v) is 3.44. The molecule has 3 N–H and O–H groups in total. The number of hydrogen-bond donors (Lipinski definition) is 3. The van der Waals surface area contributed by atoms with E-state index < -0.39 is 13.5 Å². The normalized spacial score (nSPS) is 11.2. The van der Waals surface area contributed by atoms with Gasteiger partial charge in [0.15, 0.2) is 0 Å². The van der Waals surface area contributed by atoms with Crippen LogP contribution in [0.15, 0.2) is 48.5 Å². The number of benzene rings is 2. The van der Waals surface area contributed by atoms with Gasteiger partial charge in [-0.05, 0) is 42.5 Å². The van der Waals surface area contributed by atoms with Gasteiger partial charge in [0.2, 0.25) is 0 Å². The standard InChI is InChI=1S/C13H11ClO5P/c14-10-2-1-3-12(8-10)19-11-6-4-9(5-7-11)13(15)20(16,17)18/h1-8,16-18H/q+1. The van der Waals surface area contributed by atoms with Crippen LogP contribution < -0.4 is 4.74 Å². The van der Waals surface area contributed by atoms with E-state index in [1.165, 1.54) is 24.3 Å². The van der Waals surface area contributed by atoms with Crippen LogP contribution in [0.25, 0.3) is 0 Å². The Morgan fingerprint density at radius 2 is 1.65 bits per heavy atom. The molecule has 0 saturated carbocycles. The Labute approximate surface area is 120 Å². The zero-order chi connectivity index (χ0) is 14.8. The Bertz CT molecular complexity index is 621. The van der Waals surface area contributed by atoms with Gasteiger partial charge in [-0.1, -0.05) is 17.7 Å². The Kier molecular flexibility index (Phi) is 4.38. The fraction of sp³-hybridized carbons (Fsp3) is 0. The first-order valence-corrected chi connectivity index (χ1v) is 7.54. The SMILES string of the molecule is O=C(c1ccc(Oc2cccc(Cl)c2)cc1)[P+](O)(O)O. The summed E-state index contributed by atoms with van der Waals surface area (Å²) in [6.07, 6.45) is 0. The van der Waals surface area contributed by atoms with Crippen molar-refractivity contribution in [2.45, 2.75) is 0 Å². The summed E-state index contributed by atoms with van der Waals surface area (Å²) < 4.78 is 5.51. The molecule has 0 aromatic heterocycles. The van der Waals surface area contributed by atoms with E-state index in [0.717, 1.165) is 0 Å². The van der Waals surface area contributed by atoms with Gasteiger partial charge in [-0.2, -0.15) is 14.7 Å². The Morgan fingerprint density at radius 3 is 2.20 bits per heavy atom. The zero-order valence-corrected chi connectivity index (χ0v) is 11.8. The molecule has 0 heterocycles. The smallest absolute Gasteiger partial charge is 0.457 e. The summed E-state index contributed by atoms with van der Waals surface area (Å²) in [6.45, 7) is 0. The van der Waals surface area contributed by atoms with E-state index in [0.29, 0.717) is 16.5 Å². The molecule has 0 bridgehead atoms. The molecule has 0 saturated heterocycles. The minimum atomic E-state index is -4.51. The maximum Gasteiger partial charge on any atom is 0.483 e. The highest BCUT2D eigenvalue weighted by Gasteiger charge is 2.43. The molecule has 2 aromatic carbocycles. The van der Waals surface area contributed by atoms with E-state index in [1.807, 2.05) is 0 Å². The number of hydrogen-bond acceptors (Lipinski definition) is 5. The van der Waals surface area contributed by atoms with Crippen LogP contribution in [-0.4, -0.2) is 20.2 Å². The lowest BCUT2D eigenvalue weighted by molar-refractivity contribution is 0.102. The molecule has 0 aliphatic heterocycles. The largest absolute Gasteiger partial charge is 0.483 e. The first-order valence-electron chi connectivity index (χ1n) is 5.52. The molecule has 104 valence electrons. The Balaban J connectivity index is 2.15. The van der Waals surface area contributed by atoms with Crippen molar-refractivity contribution in [1.29, 1.82) is 0 Å². The van der Waals surface area contributed by atoms with Gasteiger partial charge in [-0.3, -0.25) is 0 Å². The molecule has 20 heavy (non-hydrogen) atoms. The van der Waals surface area contributed by atoms with Gasteiger partial charge in [0.1, 0.15) is 11.5 Å². The number of carbonyl (C=O) groups is 1. The summed E-state index contributed by atoms with van der Waals surface area (Å²) in [7, 11) is -4.51. The van der Waals surface area contributed by atoms with Crippen LogP contribution >= 0.6 is 19.5 Å². The molecule has 0 unspecified atom stereocenters. The topological polar surface area (TPSA) is 87.0 Å². The number of ether oxygens (including phenoxy) is 1. The second kappa shape index (κ2) is 5.87. The van der Waals surface area contributed by atoms with Crippen LogP contribution in [0.5, 0.6) is 11.5 Å². The molecule has 0 fully saturated rings. The summed E-state index contributed by atoms with van der Waals surface area (Å²) >= 11 is 5.82. The van der Waals surface area contributed by atoms with Crippen LogP contribution in [0.2, 0.25) is 5.02 Å². The minimum Gasteiger partial charge on any atom is -0.457 e. The summed E-state index contributed by atoms with van der Waals surface area (Å²) in [5.41, 5.74) is -1.11. The first-order chi connectivity index (χ1) is 9.36. The highest BCUT2D eigenvalue weighted by molar-refractivity contribution is 7.76. The van der Waals surface area contributed by atoms with E-state index in [2.05, 4.69) is 0 Å². The van der Waals surface area contributed by atoms with Gasteiger partial charge in [0.25, 0.3) is 0 Å². The van der Waals surface area contributed by atoms with Crippen molar-refractivity contribution < 1.29 is 24.2 Å². The Morgan fingerprint density at radius 1 is 1.00 bits per heavy atom. The lowest BCUT2D eigenvalue weighted by Gasteiger charge is -2.06. The monoisotopic (exact) mass is 313 g/mol. The number of rotatable bonds is 4. The van der Waals surface area contributed by atoms with Crippen molar-refractivity contribution in [3.63, 3.8) is 0 Å². The fourth-order valence-corrected chi connectivity index (χ4v) is 2.18. The summed E-state index contributed by atoms with van der Waals surface area (Å²) in [5, 5.41) is 0.532. The van der Waals surface area contributed by atoms with E-state index in [-0.39, 0.29) is 5.56 Å². The Hall–Kier alpha value is -1.49. The molecule has 0 atom stereocenters. The summed E-state index contributed by atoms with van der Waals surface area (Å²) in [4.78, 5) is 38.1. The molecule has 0 aliphatic rings. The van der Waals surface area contributed by atoms with Crippen LogP contribution in [-0.2, 0) is 0 Å². The second-order valence-corrected chi connectivity index (χ2v) is 5.94. The van der Waals surface area contributed by atoms with E-state index in [4.69, 9.17) is 31.0 Å². The van der Waals surface area contributed by atoms with E-state index in [1.54, 1.807) is 24.3 Å². The van der Waals surface area contributed by atoms with Gasteiger partial charge in [-0.15, -0.1) is 0 Å². The molecule has 0 radical (unpaired) electrons. The highest BCUT2D eigenvalue weighted by Crippen LogP contribution is 2.48. The number of carbonyl (C=O) groups excluding carboxylic acids is 1. The van der Waals surface area contributed by atoms with E-state index >= 15 is 0 Å². The molecular weight excluding hydrogens is 303 g/mol. The average molecular weight is 314 g/mol. The van der Waals surface area contributed by atoms with E-state index in [9.17, 15) is 4.79 Å².